The van der Waals surface area contributed by atoms with E-state index < -0.39 is 29.0 Å². The molecule has 1 aromatic rings. The van der Waals surface area contributed by atoms with Crippen LogP contribution in [0, 0.1) is 5.82 Å². The quantitative estimate of drug-likeness (QED) is 0.802. The predicted molar refractivity (Wildman–Crippen MR) is 54.2 cm³/mol. The first kappa shape index (κ1) is 13.5. The molecule has 1 rings (SSSR count). The number of alkyl halides is 3. The lowest BCUT2D eigenvalue weighted by Crippen LogP contribution is -2.21. The van der Waals surface area contributed by atoms with Gasteiger partial charge in [0, 0.05) is 7.05 Å². The highest BCUT2D eigenvalue weighted by atomic mass is 19.4. The number of carbonyl (C=O) groups is 1. The van der Waals surface area contributed by atoms with Crippen LogP contribution in [0.25, 0.3) is 0 Å². The molecule has 0 aliphatic carbocycles. The fraction of sp³-hybridized carbons (Fsp3) is 0.364. The van der Waals surface area contributed by atoms with Gasteiger partial charge in [-0.1, -0.05) is 6.92 Å². The van der Waals surface area contributed by atoms with Crippen LogP contribution in [0.1, 0.15) is 28.4 Å². The maximum atomic E-state index is 13.7. The fourth-order valence-electron chi connectivity index (χ4n) is 1.41. The average Bonchev–Trinajstić information content (AvgIpc) is 2.26. The largest absolute Gasteiger partial charge is 0.416 e. The molecule has 0 unspecified atom stereocenters. The van der Waals surface area contributed by atoms with Crippen molar-refractivity contribution in [3.63, 3.8) is 0 Å². The van der Waals surface area contributed by atoms with Gasteiger partial charge in [-0.05, 0) is 24.1 Å². The Morgan fingerprint density at radius 2 is 1.94 bits per heavy atom. The highest BCUT2D eigenvalue weighted by Gasteiger charge is 2.33. The summed E-state index contributed by atoms with van der Waals surface area (Å²) >= 11 is 0. The van der Waals surface area contributed by atoms with Gasteiger partial charge in [0.15, 0.2) is 0 Å². The molecule has 2 nitrogen and oxygen atoms in total. The Kier molecular flexibility index (Phi) is 3.75. The molecule has 0 saturated heterocycles. The summed E-state index contributed by atoms with van der Waals surface area (Å²) in [7, 11) is 1.23. The summed E-state index contributed by atoms with van der Waals surface area (Å²) in [6.45, 7) is 1.52. The van der Waals surface area contributed by atoms with Crippen LogP contribution in [-0.2, 0) is 12.6 Å². The van der Waals surface area contributed by atoms with Crippen molar-refractivity contribution in [2.45, 2.75) is 19.5 Å². The average molecular weight is 249 g/mol. The molecule has 17 heavy (non-hydrogen) atoms. The molecule has 0 bridgehead atoms. The summed E-state index contributed by atoms with van der Waals surface area (Å²) in [5.41, 5.74) is -1.73. The van der Waals surface area contributed by atoms with Gasteiger partial charge in [0.1, 0.15) is 5.82 Å². The molecular weight excluding hydrogens is 238 g/mol. The molecule has 1 aromatic carbocycles. The van der Waals surface area contributed by atoms with E-state index in [1.165, 1.54) is 14.0 Å². The van der Waals surface area contributed by atoms with E-state index in [4.69, 9.17) is 0 Å². The molecule has 94 valence electrons. The maximum Gasteiger partial charge on any atom is 0.416 e. The predicted octanol–water partition coefficient (Wildman–Crippen LogP) is 2.77. The van der Waals surface area contributed by atoms with E-state index in [2.05, 4.69) is 5.32 Å². The Morgan fingerprint density at radius 3 is 2.35 bits per heavy atom. The van der Waals surface area contributed by atoms with Crippen molar-refractivity contribution in [2.75, 3.05) is 7.05 Å². The first-order valence-corrected chi connectivity index (χ1v) is 4.93. The molecular formula is C11H11F4NO. The van der Waals surface area contributed by atoms with Crippen molar-refractivity contribution in [3.05, 3.63) is 34.6 Å². The Balaban J connectivity index is 3.44. The molecule has 0 radical (unpaired) electrons. The summed E-state index contributed by atoms with van der Waals surface area (Å²) in [5, 5.41) is 2.11. The number of amides is 1. The first-order chi connectivity index (χ1) is 7.81. The first-order valence-electron chi connectivity index (χ1n) is 4.93. The second kappa shape index (κ2) is 4.73. The van der Waals surface area contributed by atoms with Gasteiger partial charge in [-0.15, -0.1) is 0 Å². The van der Waals surface area contributed by atoms with E-state index >= 15 is 0 Å². The highest BCUT2D eigenvalue weighted by Crippen LogP contribution is 2.32. The summed E-state index contributed by atoms with van der Waals surface area (Å²) in [4.78, 5) is 11.3. The van der Waals surface area contributed by atoms with Crippen LogP contribution in [-0.4, -0.2) is 13.0 Å². The summed E-state index contributed by atoms with van der Waals surface area (Å²) in [5.74, 6) is -1.77. The highest BCUT2D eigenvalue weighted by molar-refractivity contribution is 5.94. The molecule has 6 heteroatoms. The maximum absolute atomic E-state index is 13.7. The number of carbonyl (C=O) groups excluding carboxylic acids is 1. The molecule has 0 aliphatic heterocycles. The molecule has 1 amide bonds. The standard InChI is InChI=1S/C11H11F4NO/c1-3-6-4-7(11(13,14)15)5-8(9(6)12)10(17)16-2/h4-5H,3H2,1-2H3,(H,16,17). The molecule has 1 N–H and O–H groups in total. The number of nitrogens with one attached hydrogen (secondary N) is 1. The third kappa shape index (κ3) is 2.75. The van der Waals surface area contributed by atoms with Crippen LogP contribution < -0.4 is 5.32 Å². The lowest BCUT2D eigenvalue weighted by Gasteiger charge is -2.12. The third-order valence-corrected chi connectivity index (χ3v) is 2.33. The topological polar surface area (TPSA) is 29.1 Å². The van der Waals surface area contributed by atoms with Crippen molar-refractivity contribution in [2.24, 2.45) is 0 Å². The molecule has 0 aliphatic rings. The van der Waals surface area contributed by atoms with Crippen LogP contribution in [0.2, 0.25) is 0 Å². The molecule has 0 atom stereocenters. The minimum Gasteiger partial charge on any atom is -0.355 e. The zero-order valence-electron chi connectivity index (χ0n) is 9.28. The summed E-state index contributed by atoms with van der Waals surface area (Å²) in [6, 6.07) is 1.25. The Hall–Kier alpha value is -1.59. The van der Waals surface area contributed by atoms with Gasteiger partial charge in [0.2, 0.25) is 0 Å². The molecule has 0 aromatic heterocycles. The minimum absolute atomic E-state index is 0.0831. The normalized spacial score (nSPS) is 11.4. The Bertz CT molecular complexity index is 440. The van der Waals surface area contributed by atoms with Crippen molar-refractivity contribution < 1.29 is 22.4 Å². The van der Waals surface area contributed by atoms with Crippen molar-refractivity contribution >= 4 is 5.91 Å². The summed E-state index contributed by atoms with van der Waals surface area (Å²) in [6.07, 6.45) is -4.51. The van der Waals surface area contributed by atoms with Crippen LogP contribution in [0.3, 0.4) is 0 Å². The van der Waals surface area contributed by atoms with Gasteiger partial charge in [-0.3, -0.25) is 4.79 Å². The third-order valence-electron chi connectivity index (χ3n) is 2.33. The van der Waals surface area contributed by atoms with E-state index in [9.17, 15) is 22.4 Å². The van der Waals surface area contributed by atoms with Gasteiger partial charge >= 0.3 is 6.18 Å². The smallest absolute Gasteiger partial charge is 0.355 e. The number of hydrogen-bond donors (Lipinski definition) is 1. The zero-order chi connectivity index (χ0) is 13.2. The van der Waals surface area contributed by atoms with Crippen LogP contribution in [0.5, 0.6) is 0 Å². The van der Waals surface area contributed by atoms with Gasteiger partial charge in [0.25, 0.3) is 5.91 Å². The van der Waals surface area contributed by atoms with Gasteiger partial charge < -0.3 is 5.32 Å². The molecule has 0 heterocycles. The van der Waals surface area contributed by atoms with Gasteiger partial charge in [-0.2, -0.15) is 13.2 Å². The number of hydrogen-bond acceptors (Lipinski definition) is 1. The van der Waals surface area contributed by atoms with Crippen molar-refractivity contribution in [1.82, 2.24) is 5.32 Å². The summed E-state index contributed by atoms with van der Waals surface area (Å²) < 4.78 is 51.2. The number of aryl methyl sites for hydroxylation is 1. The lowest BCUT2D eigenvalue weighted by molar-refractivity contribution is -0.137. The van der Waals surface area contributed by atoms with E-state index in [0.29, 0.717) is 6.07 Å². The number of benzene rings is 1. The molecule has 0 fully saturated rings. The van der Waals surface area contributed by atoms with Gasteiger partial charge in [0.05, 0.1) is 11.1 Å². The number of halogens is 4. The van der Waals surface area contributed by atoms with Crippen LogP contribution >= 0.6 is 0 Å². The van der Waals surface area contributed by atoms with Crippen LogP contribution in [0.15, 0.2) is 12.1 Å². The molecule has 0 saturated carbocycles. The van der Waals surface area contributed by atoms with Crippen LogP contribution in [0.4, 0.5) is 17.6 Å². The Labute approximate surface area is 95.6 Å². The zero-order valence-corrected chi connectivity index (χ0v) is 9.28. The van der Waals surface area contributed by atoms with Gasteiger partial charge in [-0.25, -0.2) is 4.39 Å². The van der Waals surface area contributed by atoms with E-state index in [-0.39, 0.29) is 12.0 Å². The number of rotatable bonds is 2. The Morgan fingerprint density at radius 1 is 1.35 bits per heavy atom. The van der Waals surface area contributed by atoms with E-state index in [0.717, 1.165) is 6.07 Å². The molecule has 0 spiro atoms. The minimum atomic E-state index is -4.60. The second-order valence-electron chi connectivity index (χ2n) is 3.43. The van der Waals surface area contributed by atoms with Crippen molar-refractivity contribution in [3.8, 4) is 0 Å². The van der Waals surface area contributed by atoms with Crippen molar-refractivity contribution in [1.29, 1.82) is 0 Å². The lowest BCUT2D eigenvalue weighted by atomic mass is 10.0. The van der Waals surface area contributed by atoms with E-state index in [1.807, 2.05) is 0 Å². The van der Waals surface area contributed by atoms with E-state index in [1.54, 1.807) is 0 Å². The monoisotopic (exact) mass is 249 g/mol. The second-order valence-corrected chi connectivity index (χ2v) is 3.43. The fourth-order valence-corrected chi connectivity index (χ4v) is 1.41. The SMILES string of the molecule is CCc1cc(C(F)(F)F)cc(C(=O)NC)c1F.